The first-order valence-electron chi connectivity index (χ1n) is 9.09. The van der Waals surface area contributed by atoms with Crippen molar-refractivity contribution in [3.05, 3.63) is 0 Å². The Morgan fingerprint density at radius 1 is 0.750 bits per heavy atom. The Hall–Kier alpha value is -0.0800. The Kier molecular flexibility index (Phi) is 7.37. The molecule has 0 amide bonds. The first-order chi connectivity index (χ1) is 9.77. The number of ether oxygens (including phenoxy) is 1. The smallest absolute Gasteiger partial charge is 0.0594 e. The van der Waals surface area contributed by atoms with E-state index in [-0.39, 0.29) is 0 Å². The number of hydrogen-bond donors (Lipinski definition) is 0. The first kappa shape index (κ1) is 16.3. The molecule has 0 N–H and O–H groups in total. The third-order valence-electron chi connectivity index (χ3n) is 5.47. The Bertz CT molecular complexity index is 250. The molecule has 2 fully saturated rings. The van der Waals surface area contributed by atoms with Crippen LogP contribution in [0.3, 0.4) is 0 Å². The van der Waals surface area contributed by atoms with Gasteiger partial charge in [-0.2, -0.15) is 0 Å². The molecule has 3 unspecified atom stereocenters. The van der Waals surface area contributed by atoms with Gasteiger partial charge in [-0.15, -0.1) is 0 Å². The van der Waals surface area contributed by atoms with Gasteiger partial charge in [-0.05, 0) is 24.7 Å². The van der Waals surface area contributed by atoms with E-state index in [0.29, 0.717) is 0 Å². The molecular weight excluding hydrogens is 246 g/mol. The van der Waals surface area contributed by atoms with Crippen molar-refractivity contribution < 1.29 is 4.74 Å². The summed E-state index contributed by atoms with van der Waals surface area (Å²) in [5.74, 6) is 1.81. The maximum absolute atomic E-state index is 5.54. The summed E-state index contributed by atoms with van der Waals surface area (Å²) in [5.41, 5.74) is 0. The van der Waals surface area contributed by atoms with Crippen molar-refractivity contribution in [1.29, 1.82) is 0 Å². The maximum Gasteiger partial charge on any atom is 0.0594 e. The summed E-state index contributed by atoms with van der Waals surface area (Å²) in [6.07, 6.45) is 13.0. The van der Waals surface area contributed by atoms with E-state index in [1.165, 1.54) is 57.8 Å². The summed E-state index contributed by atoms with van der Waals surface area (Å²) in [4.78, 5) is 2.73. The average molecular weight is 281 g/mol. The highest BCUT2D eigenvalue weighted by Crippen LogP contribution is 2.27. The Balaban J connectivity index is 1.88. The standard InChI is InChI=1S/C18H35NO/c1-16-8-5-3-4-6-11-18(17(2)10-7-9-16)19-12-14-20-15-13-19/h16-18H,3-15H2,1-2H3. The molecule has 118 valence electrons. The zero-order valence-electron chi connectivity index (χ0n) is 13.8. The van der Waals surface area contributed by atoms with Crippen LogP contribution in [-0.2, 0) is 4.74 Å². The van der Waals surface area contributed by atoms with Crippen molar-refractivity contribution in [3.63, 3.8) is 0 Å². The molecule has 1 aliphatic carbocycles. The predicted molar refractivity (Wildman–Crippen MR) is 86.1 cm³/mol. The minimum absolute atomic E-state index is 0.814. The van der Waals surface area contributed by atoms with Crippen LogP contribution in [0.2, 0.25) is 0 Å². The van der Waals surface area contributed by atoms with Crippen molar-refractivity contribution in [2.24, 2.45) is 11.8 Å². The molecule has 20 heavy (non-hydrogen) atoms. The van der Waals surface area contributed by atoms with E-state index in [0.717, 1.165) is 44.2 Å². The summed E-state index contributed by atoms with van der Waals surface area (Å²) in [7, 11) is 0. The van der Waals surface area contributed by atoms with Crippen LogP contribution in [-0.4, -0.2) is 37.2 Å². The van der Waals surface area contributed by atoms with Gasteiger partial charge in [0.1, 0.15) is 0 Å². The van der Waals surface area contributed by atoms with E-state index in [9.17, 15) is 0 Å². The molecule has 0 aromatic rings. The van der Waals surface area contributed by atoms with Crippen LogP contribution in [0.1, 0.15) is 71.6 Å². The molecule has 2 rings (SSSR count). The van der Waals surface area contributed by atoms with Crippen LogP contribution in [0, 0.1) is 11.8 Å². The van der Waals surface area contributed by atoms with Crippen LogP contribution in [0.5, 0.6) is 0 Å². The molecule has 2 nitrogen and oxygen atoms in total. The van der Waals surface area contributed by atoms with Crippen LogP contribution in [0.4, 0.5) is 0 Å². The largest absolute Gasteiger partial charge is 0.379 e. The number of nitrogens with zero attached hydrogens (tertiary/aromatic N) is 1. The molecule has 0 aromatic carbocycles. The highest BCUT2D eigenvalue weighted by Gasteiger charge is 2.25. The van der Waals surface area contributed by atoms with E-state index in [1.807, 2.05) is 0 Å². The zero-order valence-corrected chi connectivity index (χ0v) is 13.8. The molecule has 0 aromatic heterocycles. The van der Waals surface area contributed by atoms with Gasteiger partial charge in [0.2, 0.25) is 0 Å². The molecule has 1 saturated heterocycles. The van der Waals surface area contributed by atoms with E-state index in [4.69, 9.17) is 4.74 Å². The van der Waals surface area contributed by atoms with E-state index < -0.39 is 0 Å². The fourth-order valence-electron chi connectivity index (χ4n) is 4.06. The van der Waals surface area contributed by atoms with Crippen LogP contribution >= 0.6 is 0 Å². The van der Waals surface area contributed by atoms with Crippen molar-refractivity contribution in [3.8, 4) is 0 Å². The Labute approximate surface area is 126 Å². The summed E-state index contributed by atoms with van der Waals surface area (Å²) >= 11 is 0. The third kappa shape index (κ3) is 5.37. The highest BCUT2D eigenvalue weighted by atomic mass is 16.5. The molecule has 1 saturated carbocycles. The minimum Gasteiger partial charge on any atom is -0.379 e. The summed E-state index contributed by atoms with van der Waals surface area (Å²) in [5, 5.41) is 0. The average Bonchev–Trinajstić information content (AvgIpc) is 2.46. The normalized spacial score (nSPS) is 36.0. The third-order valence-corrected chi connectivity index (χ3v) is 5.47. The lowest BCUT2D eigenvalue weighted by atomic mass is 9.87. The molecule has 0 radical (unpaired) electrons. The van der Waals surface area contributed by atoms with Crippen molar-refractivity contribution >= 4 is 0 Å². The van der Waals surface area contributed by atoms with Gasteiger partial charge in [-0.1, -0.05) is 58.8 Å². The molecule has 2 heteroatoms. The minimum atomic E-state index is 0.814. The molecular formula is C18H35NO. The Morgan fingerprint density at radius 2 is 1.40 bits per heavy atom. The van der Waals surface area contributed by atoms with Crippen LogP contribution < -0.4 is 0 Å². The first-order valence-corrected chi connectivity index (χ1v) is 9.09. The lowest BCUT2D eigenvalue weighted by Gasteiger charge is -2.38. The van der Waals surface area contributed by atoms with Gasteiger partial charge in [0.25, 0.3) is 0 Å². The quantitative estimate of drug-likeness (QED) is 0.702. The van der Waals surface area contributed by atoms with E-state index in [1.54, 1.807) is 0 Å². The Morgan fingerprint density at radius 3 is 2.15 bits per heavy atom. The van der Waals surface area contributed by atoms with E-state index >= 15 is 0 Å². The lowest BCUT2D eigenvalue weighted by Crippen LogP contribution is -2.46. The SMILES string of the molecule is CC1CCCCCCC(N2CCOCC2)C(C)CCC1. The maximum atomic E-state index is 5.54. The topological polar surface area (TPSA) is 12.5 Å². The van der Waals surface area contributed by atoms with Gasteiger partial charge in [0.05, 0.1) is 13.2 Å². The molecule has 0 bridgehead atoms. The van der Waals surface area contributed by atoms with Gasteiger partial charge in [-0.3, -0.25) is 4.90 Å². The fourth-order valence-corrected chi connectivity index (χ4v) is 4.06. The second-order valence-corrected chi connectivity index (χ2v) is 7.22. The number of morpholine rings is 1. The van der Waals surface area contributed by atoms with E-state index in [2.05, 4.69) is 18.7 Å². The van der Waals surface area contributed by atoms with Crippen molar-refractivity contribution in [1.82, 2.24) is 4.90 Å². The second kappa shape index (κ2) is 9.04. The van der Waals surface area contributed by atoms with Crippen molar-refractivity contribution in [2.75, 3.05) is 26.3 Å². The molecule has 1 aliphatic heterocycles. The van der Waals surface area contributed by atoms with Crippen LogP contribution in [0.25, 0.3) is 0 Å². The molecule has 2 aliphatic rings. The second-order valence-electron chi connectivity index (χ2n) is 7.22. The molecule has 3 atom stereocenters. The lowest BCUT2D eigenvalue weighted by molar-refractivity contribution is 0.000215. The fraction of sp³-hybridized carbons (Fsp3) is 1.00. The predicted octanol–water partition coefficient (Wildman–Crippen LogP) is 4.48. The highest BCUT2D eigenvalue weighted by molar-refractivity contribution is 4.79. The summed E-state index contributed by atoms with van der Waals surface area (Å²) < 4.78 is 5.54. The molecule has 1 heterocycles. The van der Waals surface area contributed by atoms with Gasteiger partial charge < -0.3 is 4.74 Å². The monoisotopic (exact) mass is 281 g/mol. The van der Waals surface area contributed by atoms with Crippen LogP contribution in [0.15, 0.2) is 0 Å². The zero-order chi connectivity index (χ0) is 14.2. The van der Waals surface area contributed by atoms with Gasteiger partial charge in [-0.25, -0.2) is 0 Å². The number of rotatable bonds is 1. The van der Waals surface area contributed by atoms with Gasteiger partial charge in [0, 0.05) is 19.1 Å². The van der Waals surface area contributed by atoms with Gasteiger partial charge in [0.15, 0.2) is 0 Å². The van der Waals surface area contributed by atoms with Crippen molar-refractivity contribution in [2.45, 2.75) is 77.7 Å². The molecule has 0 spiro atoms. The summed E-state index contributed by atoms with van der Waals surface area (Å²) in [6.45, 7) is 9.16. The summed E-state index contributed by atoms with van der Waals surface area (Å²) in [6, 6.07) is 0.814. The van der Waals surface area contributed by atoms with Gasteiger partial charge >= 0.3 is 0 Å². The number of hydrogen-bond acceptors (Lipinski definition) is 2.